The molecule has 128 valence electrons. The minimum absolute atomic E-state index is 0.107. The first-order valence-electron chi connectivity index (χ1n) is 8.22. The van der Waals surface area contributed by atoms with Crippen molar-refractivity contribution in [3.63, 3.8) is 0 Å². The smallest absolute Gasteiger partial charge is 0.242 e. The molecule has 4 heteroatoms. The molecule has 0 unspecified atom stereocenters. The lowest BCUT2D eigenvalue weighted by Crippen LogP contribution is -2.38. The summed E-state index contributed by atoms with van der Waals surface area (Å²) in [6.07, 6.45) is 0. The number of likely N-dealkylation sites (N-methyl/N-ethyl adjacent to an activating group) is 2. The number of carbonyl (C=O) groups is 1. The summed E-state index contributed by atoms with van der Waals surface area (Å²) in [6, 6.07) is 16.0. The second kappa shape index (κ2) is 8.39. The van der Waals surface area contributed by atoms with Gasteiger partial charge in [-0.1, -0.05) is 30.3 Å². The van der Waals surface area contributed by atoms with Gasteiger partial charge in [0.1, 0.15) is 5.75 Å². The highest BCUT2D eigenvalue weighted by molar-refractivity contribution is 5.81. The van der Waals surface area contributed by atoms with Crippen molar-refractivity contribution in [3.05, 3.63) is 59.7 Å². The van der Waals surface area contributed by atoms with E-state index >= 15 is 0 Å². The van der Waals surface area contributed by atoms with E-state index in [0.29, 0.717) is 13.1 Å². The van der Waals surface area contributed by atoms with E-state index in [0.717, 1.165) is 23.5 Å². The molecule has 0 radical (unpaired) electrons. The summed E-state index contributed by atoms with van der Waals surface area (Å²) in [6.45, 7) is 5.92. The second-order valence-electron chi connectivity index (χ2n) is 5.90. The third-order valence-corrected chi connectivity index (χ3v) is 4.17. The van der Waals surface area contributed by atoms with Crippen LogP contribution in [0.5, 0.6) is 5.75 Å². The van der Waals surface area contributed by atoms with Gasteiger partial charge in [-0.15, -0.1) is 0 Å². The Kier molecular flexibility index (Phi) is 6.24. The predicted octanol–water partition coefficient (Wildman–Crippen LogP) is 3.49. The van der Waals surface area contributed by atoms with E-state index in [1.54, 1.807) is 12.0 Å². The molecule has 0 fully saturated rings. The Labute approximate surface area is 144 Å². The molecule has 2 rings (SSSR count). The maximum atomic E-state index is 12.6. The van der Waals surface area contributed by atoms with Gasteiger partial charge in [0.25, 0.3) is 0 Å². The molecular formula is C20H26N2O2. The van der Waals surface area contributed by atoms with E-state index in [4.69, 9.17) is 4.74 Å². The van der Waals surface area contributed by atoms with E-state index < -0.39 is 0 Å². The van der Waals surface area contributed by atoms with Crippen molar-refractivity contribution >= 4 is 11.6 Å². The standard InChI is InChI=1S/C20H26N2O2/c1-5-22(19-9-7-6-8-16(19)2)15-20(23)21(3)14-17-10-12-18(24-4)13-11-17/h6-13H,5,14-15H2,1-4H3. The Hall–Kier alpha value is -2.49. The van der Waals surface area contributed by atoms with E-state index in [9.17, 15) is 4.79 Å². The minimum atomic E-state index is 0.107. The van der Waals surface area contributed by atoms with Crippen molar-refractivity contribution in [1.82, 2.24) is 4.90 Å². The van der Waals surface area contributed by atoms with Gasteiger partial charge in [0, 0.05) is 25.8 Å². The monoisotopic (exact) mass is 326 g/mol. The Morgan fingerprint density at radius 1 is 1.08 bits per heavy atom. The highest BCUT2D eigenvalue weighted by atomic mass is 16.5. The molecular weight excluding hydrogens is 300 g/mol. The maximum absolute atomic E-state index is 12.6. The van der Waals surface area contributed by atoms with Crippen LogP contribution in [0.3, 0.4) is 0 Å². The first-order valence-corrected chi connectivity index (χ1v) is 8.22. The van der Waals surface area contributed by atoms with Crippen molar-refractivity contribution < 1.29 is 9.53 Å². The summed E-state index contributed by atoms with van der Waals surface area (Å²) in [7, 11) is 3.49. The molecule has 1 amide bonds. The average molecular weight is 326 g/mol. The molecule has 0 saturated carbocycles. The van der Waals surface area contributed by atoms with Gasteiger partial charge in [-0.3, -0.25) is 4.79 Å². The van der Waals surface area contributed by atoms with Crippen LogP contribution >= 0.6 is 0 Å². The van der Waals surface area contributed by atoms with Crippen molar-refractivity contribution in [3.8, 4) is 5.75 Å². The van der Waals surface area contributed by atoms with Gasteiger partial charge in [0.2, 0.25) is 5.91 Å². The zero-order valence-electron chi connectivity index (χ0n) is 15.0. The van der Waals surface area contributed by atoms with Gasteiger partial charge in [-0.2, -0.15) is 0 Å². The number of methoxy groups -OCH3 is 1. The van der Waals surface area contributed by atoms with E-state index in [2.05, 4.69) is 30.9 Å². The van der Waals surface area contributed by atoms with Crippen LogP contribution < -0.4 is 9.64 Å². The predicted molar refractivity (Wildman–Crippen MR) is 98.5 cm³/mol. The molecule has 0 bridgehead atoms. The molecule has 24 heavy (non-hydrogen) atoms. The van der Waals surface area contributed by atoms with Crippen molar-refractivity contribution in [2.75, 3.05) is 32.1 Å². The summed E-state index contributed by atoms with van der Waals surface area (Å²) >= 11 is 0. The van der Waals surface area contributed by atoms with Gasteiger partial charge in [0.05, 0.1) is 13.7 Å². The van der Waals surface area contributed by atoms with Crippen molar-refractivity contribution in [1.29, 1.82) is 0 Å². The fourth-order valence-electron chi connectivity index (χ4n) is 2.66. The third-order valence-electron chi connectivity index (χ3n) is 4.17. The maximum Gasteiger partial charge on any atom is 0.242 e. The zero-order chi connectivity index (χ0) is 17.5. The zero-order valence-corrected chi connectivity index (χ0v) is 15.0. The quantitative estimate of drug-likeness (QED) is 0.781. The number of anilines is 1. The van der Waals surface area contributed by atoms with E-state index in [1.807, 2.05) is 43.4 Å². The number of hydrogen-bond acceptors (Lipinski definition) is 3. The number of amides is 1. The lowest BCUT2D eigenvalue weighted by Gasteiger charge is -2.27. The molecule has 0 N–H and O–H groups in total. The van der Waals surface area contributed by atoms with E-state index in [1.165, 1.54) is 5.56 Å². The Bertz CT molecular complexity index is 668. The van der Waals surface area contributed by atoms with Crippen LogP contribution in [0, 0.1) is 6.92 Å². The molecule has 0 aliphatic carbocycles. The number of para-hydroxylation sites is 1. The molecule has 4 nitrogen and oxygen atoms in total. The summed E-state index contributed by atoms with van der Waals surface area (Å²) in [4.78, 5) is 16.5. The van der Waals surface area contributed by atoms with Crippen LogP contribution in [0.4, 0.5) is 5.69 Å². The Morgan fingerprint density at radius 3 is 2.33 bits per heavy atom. The van der Waals surface area contributed by atoms with Crippen molar-refractivity contribution in [2.45, 2.75) is 20.4 Å². The number of hydrogen-bond donors (Lipinski definition) is 0. The van der Waals surface area contributed by atoms with Crippen LogP contribution in [0.1, 0.15) is 18.1 Å². The molecule has 0 aliphatic rings. The fraction of sp³-hybridized carbons (Fsp3) is 0.350. The van der Waals surface area contributed by atoms with Gasteiger partial charge in [-0.05, 0) is 43.2 Å². The average Bonchev–Trinajstić information content (AvgIpc) is 2.60. The molecule has 0 saturated heterocycles. The van der Waals surface area contributed by atoms with E-state index in [-0.39, 0.29) is 5.91 Å². The van der Waals surface area contributed by atoms with Crippen LogP contribution in [0.25, 0.3) is 0 Å². The molecule has 0 aromatic heterocycles. The summed E-state index contributed by atoms with van der Waals surface area (Å²) in [5.74, 6) is 0.931. The first-order chi connectivity index (χ1) is 11.5. The molecule has 0 atom stereocenters. The third kappa shape index (κ3) is 4.51. The number of ether oxygens (including phenoxy) is 1. The lowest BCUT2D eigenvalue weighted by molar-refractivity contribution is -0.128. The largest absolute Gasteiger partial charge is 0.497 e. The van der Waals surface area contributed by atoms with Gasteiger partial charge >= 0.3 is 0 Å². The Balaban J connectivity index is 2.00. The number of nitrogens with zero attached hydrogens (tertiary/aromatic N) is 2. The molecule has 0 spiro atoms. The fourth-order valence-corrected chi connectivity index (χ4v) is 2.66. The minimum Gasteiger partial charge on any atom is -0.497 e. The molecule has 0 aliphatic heterocycles. The first kappa shape index (κ1) is 17.9. The van der Waals surface area contributed by atoms with Gasteiger partial charge in [-0.25, -0.2) is 0 Å². The number of rotatable bonds is 7. The van der Waals surface area contributed by atoms with Crippen LogP contribution in [0.2, 0.25) is 0 Å². The molecule has 2 aromatic carbocycles. The highest BCUT2D eigenvalue weighted by Gasteiger charge is 2.15. The molecule has 2 aromatic rings. The van der Waals surface area contributed by atoms with Crippen molar-refractivity contribution in [2.24, 2.45) is 0 Å². The van der Waals surface area contributed by atoms with Gasteiger partial charge in [0.15, 0.2) is 0 Å². The Morgan fingerprint density at radius 2 is 1.75 bits per heavy atom. The molecule has 0 heterocycles. The summed E-state index contributed by atoms with van der Waals surface area (Å²) < 4.78 is 5.16. The number of carbonyl (C=O) groups excluding carboxylic acids is 1. The van der Waals surface area contributed by atoms with Crippen LogP contribution in [0.15, 0.2) is 48.5 Å². The SMILES string of the molecule is CCN(CC(=O)N(C)Cc1ccc(OC)cc1)c1ccccc1C. The topological polar surface area (TPSA) is 32.8 Å². The number of benzene rings is 2. The van der Waals surface area contributed by atoms with Crippen LogP contribution in [-0.2, 0) is 11.3 Å². The normalized spacial score (nSPS) is 10.3. The van der Waals surface area contributed by atoms with Gasteiger partial charge < -0.3 is 14.5 Å². The second-order valence-corrected chi connectivity index (χ2v) is 5.90. The highest BCUT2D eigenvalue weighted by Crippen LogP contribution is 2.19. The lowest BCUT2D eigenvalue weighted by atomic mass is 10.1. The summed E-state index contributed by atoms with van der Waals surface area (Å²) in [5, 5.41) is 0. The summed E-state index contributed by atoms with van der Waals surface area (Å²) in [5.41, 5.74) is 3.39. The van der Waals surface area contributed by atoms with Crippen LogP contribution in [-0.4, -0.2) is 38.1 Å². The number of aryl methyl sites for hydroxylation is 1.